The van der Waals surface area contributed by atoms with Crippen molar-refractivity contribution in [2.45, 2.75) is 23.3 Å². The monoisotopic (exact) mass is 399 g/mol. The summed E-state index contributed by atoms with van der Waals surface area (Å²) in [7, 11) is -4.00. The molecular formula is C17H15Cl2NO4S. The number of fused-ring (bicyclic) bond motifs is 3. The van der Waals surface area contributed by atoms with Crippen LogP contribution in [0, 0.1) is 0 Å². The molecule has 0 amide bonds. The molecule has 0 saturated carbocycles. The maximum atomic E-state index is 12.5. The van der Waals surface area contributed by atoms with E-state index in [-0.39, 0.29) is 32.7 Å². The van der Waals surface area contributed by atoms with Crippen LogP contribution in [0.1, 0.15) is 17.9 Å². The molecule has 0 aromatic heterocycles. The first-order valence-corrected chi connectivity index (χ1v) is 10.0. The quantitative estimate of drug-likeness (QED) is 0.798. The van der Waals surface area contributed by atoms with Crippen molar-refractivity contribution in [2.75, 3.05) is 13.1 Å². The summed E-state index contributed by atoms with van der Waals surface area (Å²) in [4.78, 5) is -0.0432. The van der Waals surface area contributed by atoms with E-state index >= 15 is 0 Å². The Hall–Kier alpha value is -1.47. The van der Waals surface area contributed by atoms with Crippen molar-refractivity contribution < 1.29 is 17.3 Å². The molecule has 2 aliphatic heterocycles. The molecule has 132 valence electrons. The van der Waals surface area contributed by atoms with Crippen LogP contribution >= 0.6 is 23.2 Å². The highest BCUT2D eigenvalue weighted by Crippen LogP contribution is 2.43. The van der Waals surface area contributed by atoms with Crippen molar-refractivity contribution in [1.29, 1.82) is 0 Å². The molecule has 0 aliphatic carbocycles. The Bertz CT molecular complexity index is 932. The zero-order chi connectivity index (χ0) is 17.6. The van der Waals surface area contributed by atoms with Crippen LogP contribution in [0.2, 0.25) is 10.0 Å². The van der Waals surface area contributed by atoms with Crippen LogP contribution in [0.15, 0.2) is 41.3 Å². The molecule has 2 aromatic carbocycles. The Balaban J connectivity index is 1.62. The standard InChI is InChI=1S/C17H15Cl2NO4S/c18-14-3-2-11(8-15(14)19)25(21,22)24-10-1-4-16-13(7-10)12-5-6-20-9-17(12)23-16/h1-4,7-8,12,17,20H,5-6,9H2. The fraction of sp³-hybridized carbons (Fsp3) is 0.294. The molecular weight excluding hydrogens is 385 g/mol. The summed E-state index contributed by atoms with van der Waals surface area (Å²) in [5.41, 5.74) is 0.994. The van der Waals surface area contributed by atoms with Crippen LogP contribution in [-0.2, 0) is 10.1 Å². The number of hydrogen-bond acceptors (Lipinski definition) is 5. The summed E-state index contributed by atoms with van der Waals surface area (Å²) in [6, 6.07) is 9.17. The summed E-state index contributed by atoms with van der Waals surface area (Å²) in [5.74, 6) is 1.30. The Morgan fingerprint density at radius 1 is 1.12 bits per heavy atom. The molecule has 1 fully saturated rings. The molecule has 0 bridgehead atoms. The molecule has 5 nitrogen and oxygen atoms in total. The van der Waals surface area contributed by atoms with Crippen LogP contribution in [0.4, 0.5) is 0 Å². The first-order chi connectivity index (χ1) is 11.9. The first kappa shape index (κ1) is 17.0. The predicted octanol–water partition coefficient (Wildman–Crippen LogP) is 3.60. The number of benzene rings is 2. The van der Waals surface area contributed by atoms with Gasteiger partial charge in [-0.25, -0.2) is 0 Å². The summed E-state index contributed by atoms with van der Waals surface area (Å²) >= 11 is 11.7. The van der Waals surface area contributed by atoms with Crippen molar-refractivity contribution in [1.82, 2.24) is 5.32 Å². The first-order valence-electron chi connectivity index (χ1n) is 7.85. The molecule has 25 heavy (non-hydrogen) atoms. The molecule has 0 spiro atoms. The second kappa shape index (κ2) is 6.36. The molecule has 1 N–H and O–H groups in total. The van der Waals surface area contributed by atoms with Gasteiger partial charge in [-0.15, -0.1) is 0 Å². The van der Waals surface area contributed by atoms with Gasteiger partial charge in [0, 0.05) is 18.0 Å². The molecule has 4 rings (SSSR count). The van der Waals surface area contributed by atoms with E-state index in [2.05, 4.69) is 5.32 Å². The average molecular weight is 400 g/mol. The number of hydrogen-bond donors (Lipinski definition) is 1. The normalized spacial score (nSPS) is 22.0. The van der Waals surface area contributed by atoms with Crippen molar-refractivity contribution in [2.24, 2.45) is 0 Å². The number of halogens is 2. The Kier molecular flexibility index (Phi) is 4.32. The largest absolute Gasteiger partial charge is 0.488 e. The van der Waals surface area contributed by atoms with Gasteiger partial charge >= 0.3 is 10.1 Å². The van der Waals surface area contributed by atoms with Crippen LogP contribution in [0.5, 0.6) is 11.5 Å². The van der Waals surface area contributed by atoms with Crippen molar-refractivity contribution >= 4 is 33.3 Å². The van der Waals surface area contributed by atoms with Gasteiger partial charge in [0.2, 0.25) is 0 Å². The zero-order valence-electron chi connectivity index (χ0n) is 13.0. The van der Waals surface area contributed by atoms with Gasteiger partial charge in [-0.1, -0.05) is 23.2 Å². The lowest BCUT2D eigenvalue weighted by Gasteiger charge is -2.24. The minimum atomic E-state index is -4.00. The lowest BCUT2D eigenvalue weighted by atomic mass is 9.90. The van der Waals surface area contributed by atoms with Crippen LogP contribution in [0.3, 0.4) is 0 Å². The van der Waals surface area contributed by atoms with Gasteiger partial charge < -0.3 is 14.2 Å². The number of ether oxygens (including phenoxy) is 1. The second-order valence-corrected chi connectivity index (χ2v) is 8.43. The lowest BCUT2D eigenvalue weighted by molar-refractivity contribution is 0.177. The average Bonchev–Trinajstić information content (AvgIpc) is 2.95. The summed E-state index contributed by atoms with van der Waals surface area (Å²) in [6.07, 6.45) is 1.03. The van der Waals surface area contributed by atoms with Crippen LogP contribution in [0.25, 0.3) is 0 Å². The predicted molar refractivity (Wildman–Crippen MR) is 95.4 cm³/mol. The summed E-state index contributed by atoms with van der Waals surface area (Å²) in [5, 5.41) is 3.74. The van der Waals surface area contributed by atoms with Crippen LogP contribution in [-0.4, -0.2) is 27.6 Å². The summed E-state index contributed by atoms with van der Waals surface area (Å²) < 4.78 is 36.2. The van der Waals surface area contributed by atoms with Gasteiger partial charge in [-0.05, 0) is 49.4 Å². The van der Waals surface area contributed by atoms with E-state index in [1.165, 1.54) is 18.2 Å². The number of piperidine rings is 1. The van der Waals surface area contributed by atoms with Gasteiger partial charge in [0.1, 0.15) is 22.5 Å². The highest BCUT2D eigenvalue weighted by molar-refractivity contribution is 7.87. The zero-order valence-corrected chi connectivity index (χ0v) is 15.4. The van der Waals surface area contributed by atoms with E-state index < -0.39 is 10.1 Å². The van der Waals surface area contributed by atoms with Crippen molar-refractivity contribution in [3.8, 4) is 11.5 Å². The van der Waals surface area contributed by atoms with Crippen molar-refractivity contribution in [3.63, 3.8) is 0 Å². The third-order valence-corrected chi connectivity index (χ3v) is 6.45. The molecule has 2 unspecified atom stereocenters. The van der Waals surface area contributed by atoms with E-state index in [9.17, 15) is 8.42 Å². The smallest absolute Gasteiger partial charge is 0.339 e. The number of rotatable bonds is 3. The molecule has 0 radical (unpaired) electrons. The maximum absolute atomic E-state index is 12.5. The third-order valence-electron chi connectivity index (χ3n) is 4.47. The Morgan fingerprint density at radius 3 is 2.76 bits per heavy atom. The van der Waals surface area contributed by atoms with Crippen LogP contribution < -0.4 is 14.2 Å². The molecule has 8 heteroatoms. The van der Waals surface area contributed by atoms with Gasteiger partial charge in [0.05, 0.1) is 10.0 Å². The SMILES string of the molecule is O=S(=O)(Oc1ccc2c(c1)C1CCNCC1O2)c1ccc(Cl)c(Cl)c1. The van der Waals surface area contributed by atoms with E-state index in [4.69, 9.17) is 32.1 Å². The minimum absolute atomic E-state index is 0.0432. The molecule has 2 heterocycles. The van der Waals surface area contributed by atoms with E-state index in [1.54, 1.807) is 18.2 Å². The fourth-order valence-electron chi connectivity index (χ4n) is 3.26. The van der Waals surface area contributed by atoms with E-state index in [1.807, 2.05) is 0 Å². The summed E-state index contributed by atoms with van der Waals surface area (Å²) in [6.45, 7) is 1.70. The molecule has 1 saturated heterocycles. The maximum Gasteiger partial charge on any atom is 0.339 e. The Labute approximate surface area is 156 Å². The molecule has 2 atom stereocenters. The highest BCUT2D eigenvalue weighted by atomic mass is 35.5. The molecule has 2 aliphatic rings. The van der Waals surface area contributed by atoms with Gasteiger partial charge in [0.25, 0.3) is 0 Å². The van der Waals surface area contributed by atoms with Gasteiger partial charge in [0.15, 0.2) is 0 Å². The van der Waals surface area contributed by atoms with Crippen molar-refractivity contribution in [3.05, 3.63) is 52.0 Å². The number of nitrogens with one attached hydrogen (secondary N) is 1. The Morgan fingerprint density at radius 2 is 1.96 bits per heavy atom. The van der Waals surface area contributed by atoms with Gasteiger partial charge in [-0.2, -0.15) is 8.42 Å². The molecule has 2 aromatic rings. The van der Waals surface area contributed by atoms with E-state index in [0.717, 1.165) is 30.8 Å². The minimum Gasteiger partial charge on any atom is -0.488 e. The highest BCUT2D eigenvalue weighted by Gasteiger charge is 2.36. The van der Waals surface area contributed by atoms with E-state index in [0.29, 0.717) is 0 Å². The second-order valence-electron chi connectivity index (χ2n) is 6.07. The fourth-order valence-corrected chi connectivity index (χ4v) is 4.57. The topological polar surface area (TPSA) is 64.6 Å². The lowest BCUT2D eigenvalue weighted by Crippen LogP contribution is -2.39. The van der Waals surface area contributed by atoms with Gasteiger partial charge in [-0.3, -0.25) is 0 Å². The third kappa shape index (κ3) is 3.19.